The van der Waals surface area contributed by atoms with Crippen molar-refractivity contribution in [2.24, 2.45) is 0 Å². The van der Waals surface area contributed by atoms with Crippen molar-refractivity contribution in [2.75, 3.05) is 6.54 Å². The third kappa shape index (κ3) is 3.29. The molecule has 4 atom stereocenters. The van der Waals surface area contributed by atoms with Gasteiger partial charge in [0.05, 0.1) is 17.9 Å². The van der Waals surface area contributed by atoms with Crippen LogP contribution in [0.25, 0.3) is 22.2 Å². The molecule has 1 aromatic carbocycles. The van der Waals surface area contributed by atoms with Crippen LogP contribution >= 0.6 is 0 Å². The molecule has 0 radical (unpaired) electrons. The van der Waals surface area contributed by atoms with Gasteiger partial charge in [-0.25, -0.2) is 14.4 Å². The average Bonchev–Trinajstić information content (AvgIpc) is 3.58. The first kappa shape index (κ1) is 21.2. The second kappa shape index (κ2) is 8.15. The SMILES string of the molecule is Cc1ncnc2c1ccn2[C@@H]1C[C@H](Oc2cc(-c3cn[nH]c3)c(F)c3c2CNCC3)[C@@H](O)[C@H]1O. The molecule has 6 rings (SSSR count). The highest BCUT2D eigenvalue weighted by Gasteiger charge is 2.45. The molecule has 34 heavy (non-hydrogen) atoms. The molecule has 10 heteroatoms. The van der Waals surface area contributed by atoms with Crippen molar-refractivity contribution < 1.29 is 19.3 Å². The number of aliphatic hydroxyl groups excluding tert-OH is 2. The Balaban J connectivity index is 1.35. The zero-order chi connectivity index (χ0) is 23.4. The van der Waals surface area contributed by atoms with E-state index in [1.807, 2.05) is 23.8 Å². The predicted octanol–water partition coefficient (Wildman–Crippen LogP) is 2.03. The highest BCUT2D eigenvalue weighted by molar-refractivity contribution is 5.78. The van der Waals surface area contributed by atoms with Crippen LogP contribution in [0.1, 0.15) is 29.3 Å². The molecule has 0 bridgehead atoms. The Kier molecular flexibility index (Phi) is 5.09. The molecule has 1 fully saturated rings. The number of aromatic amines is 1. The Morgan fingerprint density at radius 3 is 2.91 bits per heavy atom. The monoisotopic (exact) mass is 464 g/mol. The number of hydrogen-bond donors (Lipinski definition) is 4. The van der Waals surface area contributed by atoms with Crippen molar-refractivity contribution >= 4 is 11.0 Å². The van der Waals surface area contributed by atoms with Gasteiger partial charge in [0.25, 0.3) is 0 Å². The van der Waals surface area contributed by atoms with Crippen LogP contribution in [-0.4, -0.2) is 59.8 Å². The average molecular weight is 465 g/mol. The van der Waals surface area contributed by atoms with Crippen LogP contribution in [0.4, 0.5) is 4.39 Å². The van der Waals surface area contributed by atoms with Gasteiger partial charge < -0.3 is 24.8 Å². The molecule has 0 saturated heterocycles. The second-order valence-corrected chi connectivity index (χ2v) is 8.97. The van der Waals surface area contributed by atoms with Gasteiger partial charge in [0.2, 0.25) is 0 Å². The van der Waals surface area contributed by atoms with Gasteiger partial charge in [-0.15, -0.1) is 0 Å². The van der Waals surface area contributed by atoms with Gasteiger partial charge in [-0.05, 0) is 37.6 Å². The summed E-state index contributed by atoms with van der Waals surface area (Å²) in [6.07, 6.45) is 4.64. The fourth-order valence-corrected chi connectivity index (χ4v) is 5.21. The Bertz CT molecular complexity index is 1350. The van der Waals surface area contributed by atoms with E-state index in [1.165, 1.54) is 6.33 Å². The Labute approximate surface area is 194 Å². The van der Waals surface area contributed by atoms with Crippen molar-refractivity contribution in [1.29, 1.82) is 0 Å². The highest BCUT2D eigenvalue weighted by atomic mass is 19.1. The van der Waals surface area contributed by atoms with Crippen LogP contribution in [0.3, 0.4) is 0 Å². The maximum Gasteiger partial charge on any atom is 0.143 e. The molecule has 3 aromatic heterocycles. The molecule has 0 unspecified atom stereocenters. The number of hydrogen-bond acceptors (Lipinski definition) is 7. The van der Waals surface area contributed by atoms with E-state index in [0.29, 0.717) is 54.0 Å². The van der Waals surface area contributed by atoms with Gasteiger partial charge in [-0.2, -0.15) is 5.10 Å². The minimum absolute atomic E-state index is 0.274. The van der Waals surface area contributed by atoms with E-state index in [2.05, 4.69) is 25.5 Å². The molecule has 0 amide bonds. The summed E-state index contributed by atoms with van der Waals surface area (Å²) in [6, 6.07) is 3.16. The van der Waals surface area contributed by atoms with Crippen LogP contribution in [0.2, 0.25) is 0 Å². The van der Waals surface area contributed by atoms with Gasteiger partial charge in [0.1, 0.15) is 41.9 Å². The first-order valence-corrected chi connectivity index (χ1v) is 11.4. The zero-order valence-electron chi connectivity index (χ0n) is 18.6. The van der Waals surface area contributed by atoms with Crippen molar-refractivity contribution in [1.82, 2.24) is 30.0 Å². The summed E-state index contributed by atoms with van der Waals surface area (Å²) in [5.74, 6) is 0.233. The lowest BCUT2D eigenvalue weighted by Crippen LogP contribution is -2.35. The number of nitrogens with one attached hydrogen (secondary N) is 2. The molecule has 1 aliphatic carbocycles. The molecule has 2 aliphatic rings. The number of halogens is 1. The lowest BCUT2D eigenvalue weighted by molar-refractivity contribution is -0.0166. The van der Waals surface area contributed by atoms with Crippen molar-refractivity contribution in [3.05, 3.63) is 59.7 Å². The highest BCUT2D eigenvalue weighted by Crippen LogP contribution is 2.40. The van der Waals surface area contributed by atoms with E-state index in [4.69, 9.17) is 4.74 Å². The maximum atomic E-state index is 15.3. The number of aliphatic hydroxyl groups is 2. The quantitative estimate of drug-likeness (QED) is 0.365. The van der Waals surface area contributed by atoms with Gasteiger partial charge in [0.15, 0.2) is 0 Å². The maximum absolute atomic E-state index is 15.3. The normalized spacial score (nSPS) is 24.5. The third-order valence-corrected chi connectivity index (χ3v) is 7.04. The lowest BCUT2D eigenvalue weighted by Gasteiger charge is -2.26. The molecule has 4 heterocycles. The Morgan fingerprint density at radius 1 is 1.21 bits per heavy atom. The standard InChI is InChI=1S/C24H25FN6O3/c1-12-14-3-5-31(24(14)28-11-27-12)18-7-20(23(33)22(18)32)34-19-6-16(13-8-29-30-9-13)21(25)15-2-4-26-10-17(15)19/h3,5-6,8-9,11,18,20,22-23,26,32-33H,2,4,7,10H2,1H3,(H,29,30)/t18-,20+,22+,23-/m1/s1. The Morgan fingerprint density at radius 2 is 2.09 bits per heavy atom. The number of aryl methyl sites for hydroxylation is 1. The van der Waals surface area contributed by atoms with Crippen LogP contribution in [0, 0.1) is 12.7 Å². The summed E-state index contributed by atoms with van der Waals surface area (Å²) in [5.41, 5.74) is 3.94. The fourth-order valence-electron chi connectivity index (χ4n) is 5.21. The summed E-state index contributed by atoms with van der Waals surface area (Å²) in [6.45, 7) is 3.05. The number of nitrogens with zero attached hydrogens (tertiary/aromatic N) is 4. The largest absolute Gasteiger partial charge is 0.487 e. The molecule has 1 saturated carbocycles. The van der Waals surface area contributed by atoms with E-state index in [9.17, 15) is 10.2 Å². The smallest absolute Gasteiger partial charge is 0.143 e. The molecule has 0 spiro atoms. The predicted molar refractivity (Wildman–Crippen MR) is 122 cm³/mol. The van der Waals surface area contributed by atoms with Gasteiger partial charge in [-0.1, -0.05) is 0 Å². The van der Waals surface area contributed by atoms with E-state index >= 15 is 4.39 Å². The molecular weight excluding hydrogens is 439 g/mol. The fraction of sp³-hybridized carbons (Fsp3) is 0.375. The van der Waals surface area contributed by atoms with Crippen LogP contribution < -0.4 is 10.1 Å². The number of ether oxygens (including phenoxy) is 1. The van der Waals surface area contributed by atoms with Gasteiger partial charge in [-0.3, -0.25) is 5.10 Å². The number of aromatic nitrogens is 5. The number of fused-ring (bicyclic) bond motifs is 2. The number of H-pyrrole nitrogens is 1. The topological polar surface area (TPSA) is 121 Å². The van der Waals surface area contributed by atoms with E-state index in [-0.39, 0.29) is 5.82 Å². The van der Waals surface area contributed by atoms with Crippen LogP contribution in [0.15, 0.2) is 37.1 Å². The molecular formula is C24H25FN6O3. The van der Waals surface area contributed by atoms with E-state index in [0.717, 1.165) is 16.6 Å². The first-order chi connectivity index (χ1) is 16.5. The molecule has 4 aromatic rings. The van der Waals surface area contributed by atoms with Crippen molar-refractivity contribution in [3.63, 3.8) is 0 Å². The summed E-state index contributed by atoms with van der Waals surface area (Å²) < 4.78 is 23.5. The first-order valence-electron chi connectivity index (χ1n) is 11.4. The third-order valence-electron chi connectivity index (χ3n) is 7.04. The summed E-state index contributed by atoms with van der Waals surface area (Å²) in [5, 5.41) is 32.7. The molecule has 1 aliphatic heterocycles. The van der Waals surface area contributed by atoms with Gasteiger partial charge >= 0.3 is 0 Å². The van der Waals surface area contributed by atoms with Crippen LogP contribution in [-0.2, 0) is 13.0 Å². The number of benzene rings is 1. The van der Waals surface area contributed by atoms with Crippen molar-refractivity contribution in [3.8, 4) is 16.9 Å². The molecule has 4 N–H and O–H groups in total. The minimum atomic E-state index is -1.11. The van der Waals surface area contributed by atoms with Gasteiger partial charge in [0, 0.05) is 47.4 Å². The zero-order valence-corrected chi connectivity index (χ0v) is 18.6. The second-order valence-electron chi connectivity index (χ2n) is 8.97. The minimum Gasteiger partial charge on any atom is -0.487 e. The number of rotatable bonds is 4. The lowest BCUT2D eigenvalue weighted by atomic mass is 9.94. The van der Waals surface area contributed by atoms with E-state index in [1.54, 1.807) is 18.5 Å². The Hall–Kier alpha value is -3.34. The van der Waals surface area contributed by atoms with Crippen molar-refractivity contribution in [2.45, 2.75) is 50.7 Å². The molecule has 176 valence electrons. The van der Waals surface area contributed by atoms with Crippen LogP contribution in [0.5, 0.6) is 5.75 Å². The summed E-state index contributed by atoms with van der Waals surface area (Å²) in [7, 11) is 0. The summed E-state index contributed by atoms with van der Waals surface area (Å²) >= 11 is 0. The van der Waals surface area contributed by atoms with E-state index < -0.39 is 24.4 Å². The molecule has 9 nitrogen and oxygen atoms in total. The summed E-state index contributed by atoms with van der Waals surface area (Å²) in [4.78, 5) is 8.61.